The van der Waals surface area contributed by atoms with Gasteiger partial charge in [-0.05, 0) is 37.9 Å². The summed E-state index contributed by atoms with van der Waals surface area (Å²) in [7, 11) is 4.09. The van der Waals surface area contributed by atoms with Crippen molar-refractivity contribution in [1.29, 1.82) is 0 Å². The van der Waals surface area contributed by atoms with Crippen LogP contribution in [-0.4, -0.2) is 23.1 Å². The first-order valence-electron chi connectivity index (χ1n) is 6.94. The van der Waals surface area contributed by atoms with Crippen LogP contribution in [0.1, 0.15) is 17.8 Å². The first-order chi connectivity index (χ1) is 9.29. The lowest BCUT2D eigenvalue weighted by Gasteiger charge is -2.16. The quantitative estimate of drug-likeness (QED) is 0.825. The van der Waals surface area contributed by atoms with Crippen LogP contribution in [0.4, 0.5) is 0 Å². The molecule has 0 spiro atoms. The molecule has 0 fully saturated rings. The van der Waals surface area contributed by atoms with Crippen LogP contribution in [0.3, 0.4) is 0 Å². The highest BCUT2D eigenvalue weighted by Crippen LogP contribution is 2.14. The Morgan fingerprint density at radius 1 is 1.26 bits per heavy atom. The molecule has 1 unspecified atom stereocenters. The lowest BCUT2D eigenvalue weighted by atomic mass is 9.94. The number of hydrogen-bond acceptors (Lipinski definition) is 2. The van der Waals surface area contributed by atoms with Gasteiger partial charge in [0, 0.05) is 25.9 Å². The first-order valence-corrected chi connectivity index (χ1v) is 6.94. The van der Waals surface area contributed by atoms with E-state index in [1.807, 2.05) is 19.4 Å². The monoisotopic (exact) mass is 257 g/mol. The van der Waals surface area contributed by atoms with Crippen molar-refractivity contribution in [3.05, 3.63) is 54.1 Å². The van der Waals surface area contributed by atoms with Crippen molar-refractivity contribution in [3.8, 4) is 0 Å². The number of aromatic nitrogens is 2. The average Bonchev–Trinajstić information content (AvgIpc) is 2.83. The highest BCUT2D eigenvalue weighted by Gasteiger charge is 2.10. The van der Waals surface area contributed by atoms with Gasteiger partial charge in [0.15, 0.2) is 0 Å². The van der Waals surface area contributed by atoms with Crippen LogP contribution >= 0.6 is 0 Å². The predicted molar refractivity (Wildman–Crippen MR) is 79.1 cm³/mol. The maximum Gasteiger partial charge on any atom is 0.108 e. The summed E-state index contributed by atoms with van der Waals surface area (Å²) in [4.78, 5) is 4.40. The Balaban J connectivity index is 1.91. The van der Waals surface area contributed by atoms with E-state index >= 15 is 0 Å². The second-order valence-electron chi connectivity index (χ2n) is 5.11. The third-order valence-corrected chi connectivity index (χ3v) is 3.56. The molecule has 1 aromatic heterocycles. The summed E-state index contributed by atoms with van der Waals surface area (Å²) in [6.45, 7) is 1.05. The molecule has 0 amide bonds. The molecule has 0 saturated carbocycles. The maximum atomic E-state index is 4.40. The molecule has 0 aliphatic carbocycles. The highest BCUT2D eigenvalue weighted by molar-refractivity contribution is 5.15. The topological polar surface area (TPSA) is 29.9 Å². The average molecular weight is 257 g/mol. The zero-order valence-electron chi connectivity index (χ0n) is 11.8. The number of aryl methyl sites for hydroxylation is 2. The number of imidazole rings is 1. The molecule has 0 bridgehead atoms. The fraction of sp³-hybridized carbons (Fsp3) is 0.438. The van der Waals surface area contributed by atoms with Gasteiger partial charge in [-0.25, -0.2) is 4.98 Å². The van der Waals surface area contributed by atoms with E-state index in [4.69, 9.17) is 0 Å². The van der Waals surface area contributed by atoms with Crippen LogP contribution in [0, 0.1) is 5.92 Å². The summed E-state index contributed by atoms with van der Waals surface area (Å²) in [5, 5.41) is 3.31. The van der Waals surface area contributed by atoms with Gasteiger partial charge in [-0.3, -0.25) is 0 Å². The summed E-state index contributed by atoms with van der Waals surface area (Å²) < 4.78 is 2.11. The largest absolute Gasteiger partial charge is 0.338 e. The summed E-state index contributed by atoms with van der Waals surface area (Å²) in [5.74, 6) is 1.83. The molecule has 0 radical (unpaired) electrons. The second-order valence-corrected chi connectivity index (χ2v) is 5.11. The fourth-order valence-corrected chi connectivity index (χ4v) is 2.48. The molecule has 0 aliphatic rings. The Labute approximate surface area is 115 Å². The number of hydrogen-bond donors (Lipinski definition) is 1. The molecule has 2 rings (SSSR count). The second kappa shape index (κ2) is 7.10. The van der Waals surface area contributed by atoms with Gasteiger partial charge in [-0.15, -0.1) is 0 Å². The summed E-state index contributed by atoms with van der Waals surface area (Å²) >= 11 is 0. The van der Waals surface area contributed by atoms with Gasteiger partial charge in [-0.1, -0.05) is 30.3 Å². The minimum atomic E-state index is 0.657. The van der Waals surface area contributed by atoms with Gasteiger partial charge in [-0.2, -0.15) is 0 Å². The lowest BCUT2D eigenvalue weighted by molar-refractivity contribution is 0.454. The predicted octanol–water partition coefficient (Wildman–Crippen LogP) is 2.43. The van der Waals surface area contributed by atoms with Gasteiger partial charge < -0.3 is 9.88 Å². The summed E-state index contributed by atoms with van der Waals surface area (Å²) in [6, 6.07) is 10.7. The van der Waals surface area contributed by atoms with Crippen LogP contribution in [0.15, 0.2) is 42.7 Å². The van der Waals surface area contributed by atoms with Crippen molar-refractivity contribution in [2.75, 3.05) is 13.6 Å². The van der Waals surface area contributed by atoms with Gasteiger partial charge in [0.2, 0.25) is 0 Å². The smallest absolute Gasteiger partial charge is 0.108 e. The van der Waals surface area contributed by atoms with E-state index in [0.717, 1.165) is 19.4 Å². The van der Waals surface area contributed by atoms with Crippen molar-refractivity contribution < 1.29 is 0 Å². The Morgan fingerprint density at radius 2 is 2.05 bits per heavy atom. The lowest BCUT2D eigenvalue weighted by Crippen LogP contribution is -2.21. The van der Waals surface area contributed by atoms with Crippen LogP contribution in [0.5, 0.6) is 0 Å². The Kier molecular flexibility index (Phi) is 5.16. The molecule has 102 valence electrons. The number of benzene rings is 1. The zero-order valence-corrected chi connectivity index (χ0v) is 11.8. The van der Waals surface area contributed by atoms with Crippen molar-refractivity contribution in [3.63, 3.8) is 0 Å². The van der Waals surface area contributed by atoms with Crippen LogP contribution in [-0.2, 0) is 19.9 Å². The molecular weight excluding hydrogens is 234 g/mol. The maximum absolute atomic E-state index is 4.40. The van der Waals surface area contributed by atoms with E-state index in [0.29, 0.717) is 5.92 Å². The van der Waals surface area contributed by atoms with Gasteiger partial charge in [0.05, 0.1) is 0 Å². The fourth-order valence-electron chi connectivity index (χ4n) is 2.48. The SMILES string of the molecule is CNCC(CCc1nccn1C)Cc1ccccc1. The first kappa shape index (κ1) is 13.8. The molecule has 0 aliphatic heterocycles. The van der Waals surface area contributed by atoms with E-state index < -0.39 is 0 Å². The molecule has 19 heavy (non-hydrogen) atoms. The Hall–Kier alpha value is -1.61. The Bertz CT molecular complexity index is 476. The van der Waals surface area contributed by atoms with Crippen LogP contribution < -0.4 is 5.32 Å². The van der Waals surface area contributed by atoms with Gasteiger partial charge in [0.1, 0.15) is 5.82 Å². The molecule has 1 aromatic carbocycles. The van der Waals surface area contributed by atoms with Gasteiger partial charge >= 0.3 is 0 Å². The van der Waals surface area contributed by atoms with Crippen molar-refractivity contribution >= 4 is 0 Å². The minimum absolute atomic E-state index is 0.657. The molecule has 1 atom stereocenters. The zero-order chi connectivity index (χ0) is 13.5. The van der Waals surface area contributed by atoms with E-state index in [-0.39, 0.29) is 0 Å². The molecule has 1 N–H and O–H groups in total. The van der Waals surface area contributed by atoms with E-state index in [1.54, 1.807) is 0 Å². The summed E-state index contributed by atoms with van der Waals surface area (Å²) in [6.07, 6.45) is 7.23. The Morgan fingerprint density at radius 3 is 2.68 bits per heavy atom. The molecule has 1 heterocycles. The van der Waals surface area contributed by atoms with Crippen molar-refractivity contribution in [2.24, 2.45) is 13.0 Å². The number of rotatable bonds is 7. The van der Waals surface area contributed by atoms with Crippen LogP contribution in [0.2, 0.25) is 0 Å². The summed E-state index contributed by atoms with van der Waals surface area (Å²) in [5.41, 5.74) is 1.42. The van der Waals surface area contributed by atoms with E-state index in [2.05, 4.69) is 52.2 Å². The van der Waals surface area contributed by atoms with Crippen molar-refractivity contribution in [2.45, 2.75) is 19.3 Å². The molecule has 2 aromatic rings. The third kappa shape index (κ3) is 4.21. The molecule has 3 nitrogen and oxygen atoms in total. The molecule has 3 heteroatoms. The van der Waals surface area contributed by atoms with Crippen LogP contribution in [0.25, 0.3) is 0 Å². The van der Waals surface area contributed by atoms with E-state index in [1.165, 1.54) is 17.8 Å². The number of nitrogens with one attached hydrogen (secondary N) is 1. The normalized spacial score (nSPS) is 12.5. The standard InChI is InChI=1S/C16H23N3/c1-17-13-15(12-14-6-4-3-5-7-14)8-9-16-18-10-11-19(16)2/h3-7,10-11,15,17H,8-9,12-13H2,1-2H3. The molecule has 0 saturated heterocycles. The molecular formula is C16H23N3. The van der Waals surface area contributed by atoms with Gasteiger partial charge in [0.25, 0.3) is 0 Å². The number of nitrogens with zero attached hydrogens (tertiary/aromatic N) is 2. The highest BCUT2D eigenvalue weighted by atomic mass is 15.0. The minimum Gasteiger partial charge on any atom is -0.338 e. The van der Waals surface area contributed by atoms with Crippen molar-refractivity contribution in [1.82, 2.24) is 14.9 Å². The van der Waals surface area contributed by atoms with E-state index in [9.17, 15) is 0 Å². The third-order valence-electron chi connectivity index (χ3n) is 3.56.